The minimum Gasteiger partial charge on any atom is -0.468 e. The number of esters is 1. The van der Waals surface area contributed by atoms with E-state index in [0.29, 0.717) is 16.7 Å². The summed E-state index contributed by atoms with van der Waals surface area (Å²) in [4.78, 5) is 33.1. The van der Waals surface area contributed by atoms with Gasteiger partial charge in [-0.1, -0.05) is 99.7 Å². The number of methoxy groups -OCH3 is 1. The molecule has 0 unspecified atom stereocenters. The second-order valence-electron chi connectivity index (χ2n) is 11.7. The molecule has 0 aliphatic carbocycles. The monoisotopic (exact) mass is 554 g/mol. The fourth-order valence-corrected chi connectivity index (χ4v) is 9.78. The Labute approximate surface area is 237 Å². The van der Waals surface area contributed by atoms with Gasteiger partial charge in [0.05, 0.1) is 23.4 Å². The Bertz CT molecular complexity index is 1530. The average molecular weight is 555 g/mol. The SMILES string of the molecule is COC(=O)C(C)(C)/C=C/c1ccc2c(=O)[nH]c([C@@H](C)O[Si](c3ccccc3)(c3ccccc3)C(C)(C)C)nc2c1. The van der Waals surface area contributed by atoms with Gasteiger partial charge in [-0.05, 0) is 53.9 Å². The summed E-state index contributed by atoms with van der Waals surface area (Å²) in [6.45, 7) is 12.2. The van der Waals surface area contributed by atoms with Crippen molar-refractivity contribution in [1.29, 1.82) is 0 Å². The van der Waals surface area contributed by atoms with Gasteiger partial charge in [0.1, 0.15) is 11.9 Å². The van der Waals surface area contributed by atoms with Crippen LogP contribution < -0.4 is 15.9 Å². The quantitative estimate of drug-likeness (QED) is 0.221. The lowest BCUT2D eigenvalue weighted by molar-refractivity contribution is -0.148. The van der Waals surface area contributed by atoms with Crippen molar-refractivity contribution in [3.8, 4) is 0 Å². The molecule has 6 nitrogen and oxygen atoms in total. The van der Waals surface area contributed by atoms with E-state index in [1.54, 1.807) is 26.0 Å². The van der Waals surface area contributed by atoms with E-state index < -0.39 is 19.8 Å². The molecular weight excluding hydrogens is 516 g/mol. The second kappa shape index (κ2) is 11.4. The molecule has 3 aromatic carbocycles. The summed E-state index contributed by atoms with van der Waals surface area (Å²) in [7, 11) is -1.48. The molecule has 0 aliphatic heterocycles. The number of fused-ring (bicyclic) bond motifs is 1. The highest BCUT2D eigenvalue weighted by molar-refractivity contribution is 6.99. The highest BCUT2D eigenvalue weighted by Crippen LogP contribution is 2.39. The summed E-state index contributed by atoms with van der Waals surface area (Å²) < 4.78 is 12.1. The van der Waals surface area contributed by atoms with Crippen LogP contribution in [0.1, 0.15) is 59.0 Å². The van der Waals surface area contributed by atoms with Crippen molar-refractivity contribution < 1.29 is 14.0 Å². The van der Waals surface area contributed by atoms with Crippen LogP contribution in [0.5, 0.6) is 0 Å². The number of hydrogen-bond donors (Lipinski definition) is 1. The minimum atomic E-state index is -2.86. The molecule has 7 heteroatoms. The van der Waals surface area contributed by atoms with Crippen LogP contribution >= 0.6 is 0 Å². The van der Waals surface area contributed by atoms with Crippen LogP contribution in [0, 0.1) is 5.41 Å². The zero-order valence-corrected chi connectivity index (χ0v) is 25.3. The first-order valence-electron chi connectivity index (χ1n) is 13.5. The molecule has 0 saturated carbocycles. The smallest absolute Gasteiger partial charge is 0.315 e. The van der Waals surface area contributed by atoms with Crippen LogP contribution in [-0.2, 0) is 14.0 Å². The fourth-order valence-electron chi connectivity index (χ4n) is 5.12. The topological polar surface area (TPSA) is 81.3 Å². The van der Waals surface area contributed by atoms with Gasteiger partial charge in [-0.15, -0.1) is 0 Å². The van der Waals surface area contributed by atoms with Gasteiger partial charge in [0.15, 0.2) is 0 Å². The Hall–Kier alpha value is -3.81. The van der Waals surface area contributed by atoms with E-state index in [1.807, 2.05) is 61.5 Å². The van der Waals surface area contributed by atoms with Crippen molar-refractivity contribution in [3.63, 3.8) is 0 Å². The normalized spacial score (nSPS) is 13.5. The highest BCUT2D eigenvalue weighted by Gasteiger charge is 2.51. The lowest BCUT2D eigenvalue weighted by Gasteiger charge is -2.44. The Morgan fingerprint density at radius 2 is 1.50 bits per heavy atom. The number of benzene rings is 3. The summed E-state index contributed by atoms with van der Waals surface area (Å²) >= 11 is 0. The second-order valence-corrected chi connectivity index (χ2v) is 16.0. The van der Waals surface area contributed by atoms with Gasteiger partial charge < -0.3 is 14.1 Å². The van der Waals surface area contributed by atoms with E-state index in [4.69, 9.17) is 14.1 Å². The fraction of sp³-hybridized carbons (Fsp3) is 0.303. The molecule has 0 bridgehead atoms. The first-order chi connectivity index (χ1) is 18.9. The molecule has 4 aromatic rings. The Balaban J connectivity index is 1.79. The van der Waals surface area contributed by atoms with E-state index in [2.05, 4.69) is 50.0 Å². The van der Waals surface area contributed by atoms with E-state index in [0.717, 1.165) is 15.9 Å². The van der Waals surface area contributed by atoms with E-state index in [9.17, 15) is 9.59 Å². The first kappa shape index (κ1) is 29.2. The maximum Gasteiger partial charge on any atom is 0.315 e. The number of nitrogens with zero attached hydrogens (tertiary/aromatic N) is 1. The van der Waals surface area contributed by atoms with Crippen molar-refractivity contribution in [2.75, 3.05) is 7.11 Å². The molecule has 1 N–H and O–H groups in total. The number of aromatic nitrogens is 2. The highest BCUT2D eigenvalue weighted by atomic mass is 28.4. The minimum absolute atomic E-state index is 0.217. The Kier molecular flexibility index (Phi) is 8.28. The first-order valence-corrected chi connectivity index (χ1v) is 15.4. The lowest BCUT2D eigenvalue weighted by atomic mass is 9.92. The standard InChI is InChI=1S/C33H38N2O4Si/c1-23(39-40(32(2,3)4,25-14-10-8-11-15-25)26-16-12-9-13-17-26)29-34-28-22-24(18-19-27(28)30(36)35-29)20-21-33(5,6)31(37)38-7/h8-23H,1-7H3,(H,34,35,36)/b21-20+/t23-/m1/s1. The van der Waals surface area contributed by atoms with Crippen LogP contribution in [0.2, 0.25) is 5.04 Å². The summed E-state index contributed by atoms with van der Waals surface area (Å²) in [5, 5.41) is 2.59. The average Bonchev–Trinajstić information content (AvgIpc) is 2.94. The van der Waals surface area contributed by atoms with Crippen LogP contribution in [0.25, 0.3) is 17.0 Å². The number of rotatable bonds is 8. The molecule has 4 rings (SSSR count). The third kappa shape index (κ3) is 5.71. The number of hydrogen-bond acceptors (Lipinski definition) is 5. The number of carbonyl (C=O) groups excluding carboxylic acids is 1. The number of nitrogens with one attached hydrogen (secondary N) is 1. The molecule has 0 fully saturated rings. The maximum atomic E-state index is 13.1. The van der Waals surface area contributed by atoms with Crippen LogP contribution in [-0.4, -0.2) is 31.4 Å². The Morgan fingerprint density at radius 3 is 2.02 bits per heavy atom. The zero-order chi connectivity index (χ0) is 29.1. The van der Waals surface area contributed by atoms with Crippen LogP contribution in [0.15, 0.2) is 89.7 Å². The summed E-state index contributed by atoms with van der Waals surface area (Å²) in [6.07, 6.45) is 3.16. The molecular formula is C33H38N2O4Si. The van der Waals surface area contributed by atoms with Gasteiger partial charge in [-0.2, -0.15) is 0 Å². The van der Waals surface area contributed by atoms with Crippen molar-refractivity contribution in [2.24, 2.45) is 5.41 Å². The van der Waals surface area contributed by atoms with Crippen LogP contribution in [0.4, 0.5) is 0 Å². The molecule has 0 aliphatic rings. The van der Waals surface area contributed by atoms with E-state index >= 15 is 0 Å². The molecule has 0 spiro atoms. The van der Waals surface area contributed by atoms with Gasteiger partial charge in [0, 0.05) is 0 Å². The third-order valence-corrected chi connectivity index (χ3v) is 12.4. The molecule has 1 heterocycles. The molecule has 1 aromatic heterocycles. The molecule has 0 radical (unpaired) electrons. The van der Waals surface area contributed by atoms with Crippen LogP contribution in [0.3, 0.4) is 0 Å². The van der Waals surface area contributed by atoms with Gasteiger partial charge in [-0.3, -0.25) is 9.59 Å². The molecule has 0 saturated heterocycles. The number of aromatic amines is 1. The Morgan fingerprint density at radius 1 is 0.925 bits per heavy atom. The summed E-state index contributed by atoms with van der Waals surface area (Å²) in [5.41, 5.74) is 0.390. The summed E-state index contributed by atoms with van der Waals surface area (Å²) in [6, 6.07) is 26.2. The molecule has 1 atom stereocenters. The number of carbonyl (C=O) groups is 1. The van der Waals surface area contributed by atoms with Crippen molar-refractivity contribution >= 4 is 41.6 Å². The predicted octanol–water partition coefficient (Wildman–Crippen LogP) is 5.77. The van der Waals surface area contributed by atoms with Crippen molar-refractivity contribution in [1.82, 2.24) is 9.97 Å². The zero-order valence-electron chi connectivity index (χ0n) is 24.3. The lowest BCUT2D eigenvalue weighted by Crippen LogP contribution is -2.66. The largest absolute Gasteiger partial charge is 0.468 e. The summed E-state index contributed by atoms with van der Waals surface area (Å²) in [5.74, 6) is 0.150. The van der Waals surface area contributed by atoms with Gasteiger partial charge in [0.25, 0.3) is 13.9 Å². The third-order valence-electron chi connectivity index (χ3n) is 7.31. The van der Waals surface area contributed by atoms with Gasteiger partial charge >= 0.3 is 5.97 Å². The van der Waals surface area contributed by atoms with E-state index in [-0.39, 0.29) is 16.6 Å². The predicted molar refractivity (Wildman–Crippen MR) is 164 cm³/mol. The maximum absolute atomic E-state index is 13.1. The van der Waals surface area contributed by atoms with Gasteiger partial charge in [-0.25, -0.2) is 4.98 Å². The molecule has 40 heavy (non-hydrogen) atoms. The molecule has 0 amide bonds. The number of ether oxygens (including phenoxy) is 1. The number of H-pyrrole nitrogens is 1. The van der Waals surface area contributed by atoms with Crippen molar-refractivity contribution in [3.05, 3.63) is 107 Å². The van der Waals surface area contributed by atoms with Crippen molar-refractivity contribution in [2.45, 2.75) is 52.7 Å². The molecule has 208 valence electrons. The van der Waals surface area contributed by atoms with Gasteiger partial charge in [0.2, 0.25) is 0 Å². The van der Waals surface area contributed by atoms with E-state index in [1.165, 1.54) is 7.11 Å².